The molecule has 3 aromatic rings. The van der Waals surface area contributed by atoms with E-state index in [2.05, 4.69) is 20.3 Å². The predicted molar refractivity (Wildman–Crippen MR) is 157 cm³/mol. The average molecular weight is 598 g/mol. The fourth-order valence-corrected chi connectivity index (χ4v) is 5.50. The molecule has 0 spiro atoms. The highest BCUT2D eigenvalue weighted by molar-refractivity contribution is 5.78. The lowest BCUT2D eigenvalue weighted by molar-refractivity contribution is -0.118. The van der Waals surface area contributed by atoms with E-state index in [1.165, 1.54) is 35.0 Å². The summed E-state index contributed by atoms with van der Waals surface area (Å²) in [5.41, 5.74) is 5.80. The van der Waals surface area contributed by atoms with Crippen LogP contribution < -0.4 is 36.0 Å². The lowest BCUT2D eigenvalue weighted by atomic mass is 9.94. The van der Waals surface area contributed by atoms with Gasteiger partial charge in [-0.2, -0.15) is 5.10 Å². The molecule has 2 aliphatic rings. The number of nitrogens with zero attached hydrogens (tertiary/aromatic N) is 5. The highest BCUT2D eigenvalue weighted by Gasteiger charge is 2.24. The van der Waals surface area contributed by atoms with E-state index >= 15 is 0 Å². The Morgan fingerprint density at radius 2 is 2.02 bits per heavy atom. The first kappa shape index (κ1) is 30.2. The van der Waals surface area contributed by atoms with Crippen LogP contribution in [-0.4, -0.2) is 72.3 Å². The van der Waals surface area contributed by atoms with Crippen molar-refractivity contribution in [2.45, 2.75) is 32.2 Å². The van der Waals surface area contributed by atoms with Crippen LogP contribution in [0.2, 0.25) is 0 Å². The van der Waals surface area contributed by atoms with E-state index in [0.717, 1.165) is 51.4 Å². The van der Waals surface area contributed by atoms with Crippen LogP contribution in [0.3, 0.4) is 0 Å². The number of nitrogens with two attached hydrogens (primary N) is 1. The van der Waals surface area contributed by atoms with Crippen LogP contribution in [0.1, 0.15) is 25.7 Å². The Morgan fingerprint density at radius 3 is 2.77 bits per heavy atom. The van der Waals surface area contributed by atoms with Crippen LogP contribution in [0.4, 0.5) is 20.2 Å². The summed E-state index contributed by atoms with van der Waals surface area (Å²) in [6.45, 7) is 3.61. The third-order valence-corrected chi connectivity index (χ3v) is 7.75. The fraction of sp³-hybridized carbons (Fsp3) is 0.433. The van der Waals surface area contributed by atoms with Crippen LogP contribution in [0.15, 0.2) is 47.7 Å². The number of benzene rings is 2. The molecule has 11 nitrogen and oxygen atoms in total. The number of carbonyl (C=O) groups is 1. The number of primary amides is 1. The topological polar surface area (TPSA) is 130 Å². The number of nitrogens with one attached hydrogen (secondary N) is 1. The zero-order valence-corrected chi connectivity index (χ0v) is 24.1. The molecule has 3 heterocycles. The largest absolute Gasteiger partial charge is 0.493 e. The monoisotopic (exact) mass is 597 g/mol. The third-order valence-electron chi connectivity index (χ3n) is 7.75. The van der Waals surface area contributed by atoms with Gasteiger partial charge in [-0.1, -0.05) is 6.07 Å². The molecule has 0 saturated carbocycles. The first-order chi connectivity index (χ1) is 20.9. The number of anilines is 2. The Kier molecular flexibility index (Phi) is 9.72. The predicted octanol–water partition coefficient (Wildman–Crippen LogP) is 1.79. The molecule has 4 N–H and O–H groups in total. The number of halogens is 2. The van der Waals surface area contributed by atoms with Crippen LogP contribution in [0.25, 0.3) is 5.82 Å². The maximum Gasteiger partial charge on any atom is 0.239 e. The van der Waals surface area contributed by atoms with E-state index in [1.54, 1.807) is 18.3 Å². The molecule has 13 heteroatoms. The number of methoxy groups -OCH3 is 1. The maximum atomic E-state index is 15.0. The van der Waals surface area contributed by atoms with Crippen molar-refractivity contribution in [3.8, 4) is 11.5 Å². The summed E-state index contributed by atoms with van der Waals surface area (Å²) in [6, 6.07) is 7.49. The second kappa shape index (κ2) is 13.8. The van der Waals surface area contributed by atoms with Crippen LogP contribution >= 0.6 is 0 Å². The van der Waals surface area contributed by atoms with Crippen molar-refractivity contribution in [2.24, 2.45) is 16.6 Å². The standard InChI is InChI=1S/C30H37F2N7O4/c1-42-26-14-22-24(15-27(26)43-13-3-9-37-10-6-20(7-11-37)8-12-40)34-19-39(25-5-2-4-23(31)29(25)32)30(22)36-21-16-35-38(17-21)18-28(33)41/h2,4-5,14-17,20,36,40H,3,6-13,18-19H2,1H3,(H2,33,41). The first-order valence-corrected chi connectivity index (χ1v) is 14.4. The minimum absolute atomic E-state index is 0.00103. The summed E-state index contributed by atoms with van der Waals surface area (Å²) in [4.78, 5) is 20.0. The molecular weight excluding hydrogens is 560 g/mol. The van der Waals surface area contributed by atoms with Crippen molar-refractivity contribution >= 4 is 23.1 Å². The van der Waals surface area contributed by atoms with Gasteiger partial charge in [-0.15, -0.1) is 0 Å². The number of hydrogen-bond donors (Lipinski definition) is 3. The van der Waals surface area contributed by atoms with Crippen molar-refractivity contribution in [2.75, 3.05) is 56.8 Å². The summed E-state index contributed by atoms with van der Waals surface area (Å²) in [5, 5.41) is 17.7. The van der Waals surface area contributed by atoms with E-state index in [1.807, 2.05) is 0 Å². The van der Waals surface area contributed by atoms with Crippen molar-refractivity contribution in [3.63, 3.8) is 0 Å². The molecule has 1 saturated heterocycles. The van der Waals surface area contributed by atoms with Crippen LogP contribution in [0, 0.1) is 17.6 Å². The van der Waals surface area contributed by atoms with Gasteiger partial charge in [-0.05, 0) is 62.9 Å². The molecular formula is C30H37F2N7O4. The molecule has 1 amide bonds. The SMILES string of the molecule is COc1cc2c(cc1OCCCN1CCC(CCO)CC1)=NCN(c1cccc(F)c1F)C=2Nc1cnn(CC(N)=O)c1. The second-order valence-corrected chi connectivity index (χ2v) is 10.7. The Morgan fingerprint density at radius 1 is 1.21 bits per heavy atom. The molecule has 5 rings (SSSR count). The van der Waals surface area contributed by atoms with E-state index in [0.29, 0.717) is 46.1 Å². The van der Waals surface area contributed by atoms with Gasteiger partial charge in [0.2, 0.25) is 5.91 Å². The molecule has 230 valence electrons. The van der Waals surface area contributed by atoms with Gasteiger partial charge in [0, 0.05) is 30.6 Å². The minimum atomic E-state index is -1.01. The minimum Gasteiger partial charge on any atom is -0.493 e. The Bertz CT molecular complexity index is 1560. The molecule has 2 aromatic carbocycles. The van der Waals surface area contributed by atoms with E-state index in [9.17, 15) is 18.7 Å². The second-order valence-electron chi connectivity index (χ2n) is 10.7. The molecule has 0 bridgehead atoms. The Balaban J connectivity index is 1.39. The average Bonchev–Trinajstić information content (AvgIpc) is 3.43. The molecule has 2 aliphatic heterocycles. The van der Waals surface area contributed by atoms with E-state index in [4.69, 9.17) is 15.2 Å². The normalized spacial score (nSPS) is 15.6. The Labute approximate surface area is 248 Å². The number of aliphatic hydroxyl groups excluding tert-OH is 1. The van der Waals surface area contributed by atoms with Gasteiger partial charge in [0.15, 0.2) is 23.1 Å². The van der Waals surface area contributed by atoms with Gasteiger partial charge < -0.3 is 35.4 Å². The van der Waals surface area contributed by atoms with Crippen molar-refractivity contribution in [1.82, 2.24) is 14.7 Å². The van der Waals surface area contributed by atoms with E-state index in [-0.39, 0.29) is 25.5 Å². The molecule has 0 unspecified atom stereocenters. The highest BCUT2D eigenvalue weighted by Crippen LogP contribution is 2.29. The number of aliphatic hydroxyl groups is 1. The summed E-state index contributed by atoms with van der Waals surface area (Å²) < 4.78 is 42.4. The molecule has 0 aliphatic carbocycles. The number of likely N-dealkylation sites (tertiary alicyclic amines) is 1. The lowest BCUT2D eigenvalue weighted by Gasteiger charge is -2.31. The quantitative estimate of drug-likeness (QED) is 0.255. The number of aromatic nitrogens is 2. The lowest BCUT2D eigenvalue weighted by Crippen LogP contribution is -2.43. The van der Waals surface area contributed by atoms with Crippen molar-refractivity contribution in [3.05, 3.63) is 64.9 Å². The third kappa shape index (κ3) is 7.23. The van der Waals surface area contributed by atoms with Crippen LogP contribution in [-0.2, 0) is 11.3 Å². The number of carbonyl (C=O) groups excluding carboxylic acids is 1. The number of hydrogen-bond acceptors (Lipinski definition) is 9. The van der Waals surface area contributed by atoms with Gasteiger partial charge in [0.05, 0.1) is 36.6 Å². The van der Waals surface area contributed by atoms with Gasteiger partial charge in [0.25, 0.3) is 0 Å². The summed E-state index contributed by atoms with van der Waals surface area (Å²) >= 11 is 0. The van der Waals surface area contributed by atoms with Crippen LogP contribution in [0.5, 0.6) is 11.5 Å². The number of fused-ring (bicyclic) bond motifs is 1. The number of piperidine rings is 1. The van der Waals surface area contributed by atoms with Crippen molar-refractivity contribution < 1.29 is 28.2 Å². The smallest absolute Gasteiger partial charge is 0.239 e. The summed E-state index contributed by atoms with van der Waals surface area (Å²) in [6.07, 6.45) is 7.03. The number of amides is 1. The van der Waals surface area contributed by atoms with Gasteiger partial charge in [0.1, 0.15) is 19.0 Å². The summed E-state index contributed by atoms with van der Waals surface area (Å²) in [7, 11) is 1.54. The number of ether oxygens (including phenoxy) is 2. The van der Waals surface area contributed by atoms with Gasteiger partial charge in [-0.25, -0.2) is 8.78 Å². The van der Waals surface area contributed by atoms with Gasteiger partial charge >= 0.3 is 0 Å². The van der Waals surface area contributed by atoms with E-state index < -0.39 is 17.5 Å². The van der Waals surface area contributed by atoms with Gasteiger partial charge in [-0.3, -0.25) is 14.5 Å². The molecule has 1 aromatic heterocycles. The Hall–Kier alpha value is -4.23. The molecule has 43 heavy (non-hydrogen) atoms. The maximum absolute atomic E-state index is 15.0. The summed E-state index contributed by atoms with van der Waals surface area (Å²) in [5.74, 6) is -0.510. The molecule has 0 atom stereocenters. The number of rotatable bonds is 13. The zero-order valence-electron chi connectivity index (χ0n) is 24.1. The highest BCUT2D eigenvalue weighted by atomic mass is 19.2. The zero-order chi connectivity index (χ0) is 30.3. The van der Waals surface area contributed by atoms with Crippen molar-refractivity contribution in [1.29, 1.82) is 0 Å². The first-order valence-electron chi connectivity index (χ1n) is 14.4. The molecule has 1 fully saturated rings. The fourth-order valence-electron chi connectivity index (χ4n) is 5.50. The molecule has 0 radical (unpaired) electrons.